The Bertz CT molecular complexity index is 562. The number of hydrogen-bond donors (Lipinski definition) is 2. The second-order valence-corrected chi connectivity index (χ2v) is 7.68. The van der Waals surface area contributed by atoms with E-state index in [9.17, 15) is 14.2 Å². The van der Waals surface area contributed by atoms with Crippen molar-refractivity contribution >= 4 is 19.4 Å². The molecule has 0 radical (unpaired) electrons. The van der Waals surface area contributed by atoms with E-state index in [1.807, 2.05) is 18.2 Å². The molecule has 0 spiro atoms. The summed E-state index contributed by atoms with van der Waals surface area (Å²) in [7, 11) is -3.34. The number of amides is 1. The van der Waals surface area contributed by atoms with Crippen LogP contribution in [-0.4, -0.2) is 35.7 Å². The lowest BCUT2D eigenvalue weighted by atomic mass is 10.2. The molecule has 0 aliphatic rings. The van der Waals surface area contributed by atoms with Crippen molar-refractivity contribution in [3.8, 4) is 0 Å². The molecule has 0 heterocycles. The van der Waals surface area contributed by atoms with Crippen LogP contribution in [-0.2, 0) is 25.2 Å². The minimum Gasteiger partial charge on any atom is -0.479 e. The topological polar surface area (TPSA) is 102 Å². The molecule has 1 rings (SSSR count). The zero-order chi connectivity index (χ0) is 16.8. The van der Waals surface area contributed by atoms with Gasteiger partial charge >= 0.3 is 12.1 Å². The first kappa shape index (κ1) is 18.2. The molecule has 0 fully saturated rings. The van der Waals surface area contributed by atoms with Crippen molar-refractivity contribution in [3.63, 3.8) is 0 Å². The number of hydrogen-bond acceptors (Lipinski definition) is 5. The third-order valence-electron chi connectivity index (χ3n) is 2.96. The maximum Gasteiger partial charge on any atom is 0.408 e. The van der Waals surface area contributed by atoms with Gasteiger partial charge in [-0.1, -0.05) is 30.3 Å². The fraction of sp³-hybridized carbons (Fsp3) is 0.429. The number of ether oxygens (including phenoxy) is 1. The van der Waals surface area contributed by atoms with Gasteiger partial charge in [-0.05, 0) is 19.4 Å². The van der Waals surface area contributed by atoms with Gasteiger partial charge in [-0.25, -0.2) is 9.59 Å². The summed E-state index contributed by atoms with van der Waals surface area (Å²) >= 11 is 0. The summed E-state index contributed by atoms with van der Waals surface area (Å²) in [4.78, 5) is 22.4. The van der Waals surface area contributed by atoms with Gasteiger partial charge < -0.3 is 19.7 Å². The number of benzene rings is 1. The predicted octanol–water partition coefficient (Wildman–Crippen LogP) is 2.66. The van der Waals surface area contributed by atoms with Crippen molar-refractivity contribution in [2.75, 3.05) is 6.66 Å². The maximum atomic E-state index is 12.3. The molecule has 0 saturated carbocycles. The van der Waals surface area contributed by atoms with Crippen LogP contribution in [0.5, 0.6) is 0 Å². The Hall–Kier alpha value is -1.85. The summed E-state index contributed by atoms with van der Waals surface area (Å²) < 4.78 is 22.3. The van der Waals surface area contributed by atoms with E-state index in [-0.39, 0.29) is 6.61 Å². The number of carbonyl (C=O) groups is 2. The maximum absolute atomic E-state index is 12.3. The van der Waals surface area contributed by atoms with E-state index in [1.54, 1.807) is 12.1 Å². The molecule has 0 saturated heterocycles. The monoisotopic (exact) mass is 329 g/mol. The molecule has 22 heavy (non-hydrogen) atoms. The van der Waals surface area contributed by atoms with Gasteiger partial charge in [0.05, 0.1) is 0 Å². The molecule has 2 N–H and O–H groups in total. The highest BCUT2D eigenvalue weighted by atomic mass is 31.2. The number of alkyl carbamates (subject to hydrolysis) is 1. The van der Waals surface area contributed by atoms with E-state index in [0.29, 0.717) is 0 Å². The molecule has 122 valence electrons. The number of carboxylic acids is 1. The Kier molecular flexibility index (Phi) is 6.59. The van der Waals surface area contributed by atoms with Crippen molar-refractivity contribution in [2.45, 2.75) is 32.3 Å². The van der Waals surface area contributed by atoms with Crippen molar-refractivity contribution in [1.82, 2.24) is 5.32 Å². The lowest BCUT2D eigenvalue weighted by Gasteiger charge is -2.23. The van der Waals surface area contributed by atoms with E-state index >= 15 is 0 Å². The highest BCUT2D eigenvalue weighted by Crippen LogP contribution is 2.47. The number of aliphatic carboxylic acids is 1. The summed E-state index contributed by atoms with van der Waals surface area (Å²) in [5.74, 6) is -2.08. The smallest absolute Gasteiger partial charge is 0.408 e. The minimum atomic E-state index is -3.34. The lowest BCUT2D eigenvalue weighted by Crippen LogP contribution is -2.34. The van der Waals surface area contributed by atoms with Gasteiger partial charge in [-0.15, -0.1) is 0 Å². The number of rotatable bonds is 7. The first-order valence-electron chi connectivity index (χ1n) is 6.68. The highest BCUT2D eigenvalue weighted by Gasteiger charge is 2.31. The summed E-state index contributed by atoms with van der Waals surface area (Å²) in [6, 6.07) is 9.10. The van der Waals surface area contributed by atoms with Gasteiger partial charge in [0.25, 0.3) is 0 Å². The second-order valence-electron chi connectivity index (χ2n) is 4.88. The summed E-state index contributed by atoms with van der Waals surface area (Å²) in [5.41, 5.74) is 0.820. The first-order chi connectivity index (χ1) is 10.2. The van der Waals surface area contributed by atoms with Gasteiger partial charge in [-0.3, -0.25) is 4.57 Å². The normalized spacial score (nSPS) is 16.1. The molecule has 3 atom stereocenters. The van der Waals surface area contributed by atoms with Crippen LogP contribution in [0, 0.1) is 0 Å². The van der Waals surface area contributed by atoms with Crippen LogP contribution in [0.4, 0.5) is 4.79 Å². The van der Waals surface area contributed by atoms with Gasteiger partial charge in [0.1, 0.15) is 12.4 Å². The van der Waals surface area contributed by atoms with Crippen LogP contribution in [0.15, 0.2) is 30.3 Å². The Morgan fingerprint density at radius 2 is 1.86 bits per heavy atom. The predicted molar refractivity (Wildman–Crippen MR) is 80.9 cm³/mol. The quantitative estimate of drug-likeness (QED) is 0.746. The standard InChI is InChI=1S/C14H20NO6P/c1-10(13(16)17)21-22(3,19)11(2)15-14(18)20-9-12-7-5-4-6-8-12/h4-8,10-11H,9H2,1-3H3,(H,15,18)(H,16,17)/t10?,11-,22?/m1/s1. The van der Waals surface area contributed by atoms with Gasteiger partial charge in [-0.2, -0.15) is 0 Å². The first-order valence-corrected chi connectivity index (χ1v) is 8.82. The van der Waals surface area contributed by atoms with Crippen LogP contribution >= 0.6 is 7.37 Å². The van der Waals surface area contributed by atoms with Crippen LogP contribution in [0.25, 0.3) is 0 Å². The van der Waals surface area contributed by atoms with Crippen molar-refractivity contribution in [2.24, 2.45) is 0 Å². The minimum absolute atomic E-state index is 0.0831. The zero-order valence-electron chi connectivity index (χ0n) is 12.7. The van der Waals surface area contributed by atoms with E-state index in [0.717, 1.165) is 5.56 Å². The van der Waals surface area contributed by atoms with E-state index in [4.69, 9.17) is 14.4 Å². The fourth-order valence-corrected chi connectivity index (χ4v) is 2.74. The number of carbonyl (C=O) groups excluding carboxylic acids is 1. The summed E-state index contributed by atoms with van der Waals surface area (Å²) in [5, 5.41) is 11.2. The van der Waals surface area contributed by atoms with Crippen molar-refractivity contribution in [1.29, 1.82) is 0 Å². The second kappa shape index (κ2) is 7.96. The molecule has 0 aliphatic carbocycles. The summed E-state index contributed by atoms with van der Waals surface area (Å²) in [6.45, 7) is 4.10. The molecule has 1 aromatic rings. The Morgan fingerprint density at radius 1 is 1.27 bits per heavy atom. The zero-order valence-corrected chi connectivity index (χ0v) is 13.6. The van der Waals surface area contributed by atoms with Crippen LogP contribution in [0.2, 0.25) is 0 Å². The third-order valence-corrected chi connectivity index (χ3v) is 5.23. The largest absolute Gasteiger partial charge is 0.479 e. The average Bonchev–Trinajstić information content (AvgIpc) is 2.45. The molecule has 0 bridgehead atoms. The molecular formula is C14H20NO6P. The number of nitrogens with one attached hydrogen (secondary N) is 1. The van der Waals surface area contributed by atoms with Gasteiger partial charge in [0, 0.05) is 6.66 Å². The molecule has 2 unspecified atom stereocenters. The molecular weight excluding hydrogens is 309 g/mol. The van der Waals surface area contributed by atoms with E-state index in [2.05, 4.69) is 5.32 Å². The molecule has 7 nitrogen and oxygen atoms in total. The van der Waals surface area contributed by atoms with E-state index in [1.165, 1.54) is 20.5 Å². The Balaban J connectivity index is 2.49. The molecule has 1 amide bonds. The number of carboxylic acid groups (broad SMARTS) is 1. The molecule has 0 aliphatic heterocycles. The van der Waals surface area contributed by atoms with Crippen LogP contribution in [0.3, 0.4) is 0 Å². The lowest BCUT2D eigenvalue weighted by molar-refractivity contribution is -0.144. The molecule has 8 heteroatoms. The average molecular weight is 329 g/mol. The van der Waals surface area contributed by atoms with E-state index < -0.39 is 31.3 Å². The van der Waals surface area contributed by atoms with Gasteiger partial charge in [0.15, 0.2) is 6.10 Å². The SMILES string of the molecule is CC(OP(C)(=O)[C@H](C)NC(=O)OCc1ccccc1)C(=O)O. The van der Waals surface area contributed by atoms with Crippen LogP contribution < -0.4 is 5.32 Å². The fourth-order valence-electron chi connectivity index (χ4n) is 1.50. The molecule has 1 aromatic carbocycles. The Morgan fingerprint density at radius 3 is 2.41 bits per heavy atom. The molecule has 0 aromatic heterocycles. The van der Waals surface area contributed by atoms with Crippen LogP contribution in [0.1, 0.15) is 19.4 Å². The van der Waals surface area contributed by atoms with Gasteiger partial charge in [0.2, 0.25) is 7.37 Å². The summed E-state index contributed by atoms with van der Waals surface area (Å²) in [6.07, 6.45) is -1.97. The van der Waals surface area contributed by atoms with Crippen molar-refractivity contribution < 1.29 is 28.5 Å². The van der Waals surface area contributed by atoms with Crippen molar-refractivity contribution in [3.05, 3.63) is 35.9 Å². The Labute approximate surface area is 129 Å². The highest BCUT2D eigenvalue weighted by molar-refractivity contribution is 7.58. The third kappa shape index (κ3) is 5.87.